The Morgan fingerprint density at radius 3 is 1.80 bits per heavy atom. The molecule has 1 fully saturated rings. The van der Waals surface area contributed by atoms with E-state index in [0.717, 1.165) is 23.4 Å². The monoisotopic (exact) mass is 496 g/mol. The zero-order chi connectivity index (χ0) is 26.3. The van der Waals surface area contributed by atoms with Crippen molar-refractivity contribution in [3.8, 4) is 5.75 Å². The summed E-state index contributed by atoms with van der Waals surface area (Å²) >= 11 is 0. The molecule has 0 bridgehead atoms. The van der Waals surface area contributed by atoms with E-state index in [2.05, 4.69) is 99.7 Å². The third kappa shape index (κ3) is 6.40. The van der Waals surface area contributed by atoms with Crippen LogP contribution in [0, 0.1) is 0 Å². The Labute approximate surface area is 215 Å². The van der Waals surface area contributed by atoms with E-state index in [9.17, 15) is 0 Å². The van der Waals surface area contributed by atoms with Gasteiger partial charge in [-0.3, -0.25) is 0 Å². The zero-order valence-electron chi connectivity index (χ0n) is 23.7. The first-order valence-corrected chi connectivity index (χ1v) is 15.7. The molecule has 2 aromatic rings. The predicted octanol–water partition coefficient (Wildman–Crippen LogP) is 6.86. The minimum atomic E-state index is -1.77. The fraction of sp³-hybridized carbons (Fsp3) is 0.586. The highest BCUT2D eigenvalue weighted by molar-refractivity contribution is 6.74. The molecule has 0 amide bonds. The largest absolute Gasteiger partial charge is 0.494 e. The molecule has 1 heterocycles. The average Bonchev–Trinajstić information content (AvgIpc) is 2.98. The quantitative estimate of drug-likeness (QED) is 0.374. The molecule has 0 aromatic heterocycles. The SMILES string of the molecule is CC(C)(CO[Si](C)(C)C(C)(C)C)c1ccc(COc2ccc(B3OC(C)(C)C(C)(C)O3)cc2)cc1. The predicted molar refractivity (Wildman–Crippen MR) is 149 cm³/mol. The molecule has 0 radical (unpaired) electrons. The normalized spacial score (nSPS) is 18.1. The second-order valence-electron chi connectivity index (χ2n) is 13.1. The smallest absolute Gasteiger partial charge is 0.489 e. The van der Waals surface area contributed by atoms with Crippen LogP contribution in [0.1, 0.15) is 73.4 Å². The maximum absolute atomic E-state index is 6.51. The van der Waals surface area contributed by atoms with Gasteiger partial charge in [-0.25, -0.2) is 0 Å². The summed E-state index contributed by atoms with van der Waals surface area (Å²) in [7, 11) is -2.13. The van der Waals surface area contributed by atoms with Crippen LogP contribution in [0.3, 0.4) is 0 Å². The number of rotatable bonds is 8. The van der Waals surface area contributed by atoms with Gasteiger partial charge in [-0.15, -0.1) is 0 Å². The third-order valence-electron chi connectivity index (χ3n) is 8.15. The van der Waals surface area contributed by atoms with Gasteiger partial charge in [-0.05, 0) is 74.5 Å². The van der Waals surface area contributed by atoms with Crippen LogP contribution in [0.2, 0.25) is 18.1 Å². The number of hydrogen-bond acceptors (Lipinski definition) is 4. The van der Waals surface area contributed by atoms with Gasteiger partial charge in [0.25, 0.3) is 0 Å². The first kappa shape index (κ1) is 28.0. The molecule has 35 heavy (non-hydrogen) atoms. The Kier molecular flexibility index (Phi) is 7.75. The first-order valence-electron chi connectivity index (χ1n) is 12.8. The van der Waals surface area contributed by atoms with E-state index in [1.54, 1.807) is 0 Å². The van der Waals surface area contributed by atoms with Crippen LogP contribution in [0.4, 0.5) is 0 Å². The maximum atomic E-state index is 6.51. The van der Waals surface area contributed by atoms with Crippen molar-refractivity contribution in [3.05, 3.63) is 59.7 Å². The van der Waals surface area contributed by atoms with E-state index in [1.807, 2.05) is 24.3 Å². The van der Waals surface area contributed by atoms with Gasteiger partial charge in [0, 0.05) is 12.0 Å². The Hall–Kier alpha value is -1.60. The van der Waals surface area contributed by atoms with Crippen molar-refractivity contribution in [2.45, 2.75) is 104 Å². The first-order chi connectivity index (χ1) is 15.9. The number of benzene rings is 2. The Bertz CT molecular complexity index is 973. The Balaban J connectivity index is 1.56. The van der Waals surface area contributed by atoms with Crippen molar-refractivity contribution >= 4 is 20.9 Å². The van der Waals surface area contributed by atoms with Crippen LogP contribution < -0.4 is 10.2 Å². The van der Waals surface area contributed by atoms with Gasteiger partial charge in [0.1, 0.15) is 12.4 Å². The molecule has 0 atom stereocenters. The van der Waals surface area contributed by atoms with E-state index in [4.69, 9.17) is 18.5 Å². The van der Waals surface area contributed by atoms with Gasteiger partial charge >= 0.3 is 7.12 Å². The van der Waals surface area contributed by atoms with Gasteiger partial charge < -0.3 is 18.5 Å². The van der Waals surface area contributed by atoms with Crippen molar-refractivity contribution in [1.29, 1.82) is 0 Å². The molecule has 0 spiro atoms. The zero-order valence-corrected chi connectivity index (χ0v) is 24.7. The standard InChI is InChI=1S/C29H45BO4Si/c1-26(2,3)35(10,11)32-21-27(4,5)23-14-12-22(13-15-23)20-31-25-18-16-24(17-19-25)30-33-28(6,7)29(8,9)34-30/h12-19H,20-21H2,1-11H3. The van der Waals surface area contributed by atoms with Crippen molar-refractivity contribution < 1.29 is 18.5 Å². The lowest BCUT2D eigenvalue weighted by Gasteiger charge is -2.39. The molecule has 0 saturated carbocycles. The summed E-state index contributed by atoms with van der Waals surface area (Å²) in [6.07, 6.45) is 0. The van der Waals surface area contributed by atoms with Crippen molar-refractivity contribution in [1.82, 2.24) is 0 Å². The van der Waals surface area contributed by atoms with Crippen LogP contribution in [0.15, 0.2) is 48.5 Å². The summed E-state index contributed by atoms with van der Waals surface area (Å²) in [6.45, 7) is 25.5. The molecule has 0 aliphatic carbocycles. The molecular weight excluding hydrogens is 451 g/mol. The summed E-state index contributed by atoms with van der Waals surface area (Å²) in [4.78, 5) is 0. The van der Waals surface area contributed by atoms with Crippen LogP contribution in [-0.2, 0) is 25.8 Å². The molecular formula is C29H45BO4Si. The average molecular weight is 497 g/mol. The molecule has 1 aliphatic rings. The van der Waals surface area contributed by atoms with Crippen LogP contribution >= 0.6 is 0 Å². The van der Waals surface area contributed by atoms with Crippen molar-refractivity contribution in [2.24, 2.45) is 0 Å². The molecule has 2 aromatic carbocycles. The summed E-state index contributed by atoms with van der Waals surface area (Å²) < 4.78 is 24.8. The van der Waals surface area contributed by atoms with E-state index < -0.39 is 8.32 Å². The second-order valence-corrected chi connectivity index (χ2v) is 17.9. The highest BCUT2D eigenvalue weighted by atomic mass is 28.4. The van der Waals surface area contributed by atoms with Crippen molar-refractivity contribution in [2.75, 3.05) is 6.61 Å². The van der Waals surface area contributed by atoms with Gasteiger partial charge in [0.2, 0.25) is 0 Å². The van der Waals surface area contributed by atoms with Crippen LogP contribution in [0.25, 0.3) is 0 Å². The van der Waals surface area contributed by atoms with Crippen LogP contribution in [0.5, 0.6) is 5.75 Å². The number of hydrogen-bond donors (Lipinski definition) is 0. The van der Waals surface area contributed by atoms with Gasteiger partial charge in [-0.1, -0.05) is 71.0 Å². The topological polar surface area (TPSA) is 36.9 Å². The molecule has 1 saturated heterocycles. The van der Waals surface area contributed by atoms with Gasteiger partial charge in [0.05, 0.1) is 11.2 Å². The Morgan fingerprint density at radius 1 is 0.800 bits per heavy atom. The fourth-order valence-corrected chi connectivity index (χ4v) is 4.73. The Morgan fingerprint density at radius 2 is 1.31 bits per heavy atom. The van der Waals surface area contributed by atoms with E-state index >= 15 is 0 Å². The second kappa shape index (κ2) is 9.70. The molecule has 4 nitrogen and oxygen atoms in total. The highest BCUT2D eigenvalue weighted by Crippen LogP contribution is 2.38. The minimum absolute atomic E-state index is 0.0434. The fourth-order valence-electron chi connectivity index (χ4n) is 3.58. The molecule has 3 rings (SSSR count). The maximum Gasteiger partial charge on any atom is 0.494 e. The van der Waals surface area contributed by atoms with Crippen molar-refractivity contribution in [3.63, 3.8) is 0 Å². The van der Waals surface area contributed by atoms with Crippen LogP contribution in [-0.4, -0.2) is 33.2 Å². The minimum Gasteiger partial charge on any atom is -0.489 e. The molecule has 192 valence electrons. The van der Waals surface area contributed by atoms with Gasteiger partial charge in [0.15, 0.2) is 8.32 Å². The lowest BCUT2D eigenvalue weighted by atomic mass is 9.79. The molecule has 6 heteroatoms. The number of ether oxygens (including phenoxy) is 1. The van der Waals surface area contributed by atoms with E-state index in [-0.39, 0.29) is 28.8 Å². The summed E-state index contributed by atoms with van der Waals surface area (Å²) in [5.41, 5.74) is 2.70. The third-order valence-corrected chi connectivity index (χ3v) is 12.6. The van der Waals surface area contributed by atoms with Gasteiger partial charge in [-0.2, -0.15) is 0 Å². The lowest BCUT2D eigenvalue weighted by molar-refractivity contribution is 0.00578. The molecule has 1 aliphatic heterocycles. The highest BCUT2D eigenvalue weighted by Gasteiger charge is 2.51. The van der Waals surface area contributed by atoms with E-state index in [0.29, 0.717) is 6.61 Å². The summed E-state index contributed by atoms with van der Waals surface area (Å²) in [6, 6.07) is 16.7. The summed E-state index contributed by atoms with van der Waals surface area (Å²) in [5, 5.41) is 0.215. The molecule has 0 unspecified atom stereocenters. The van der Waals surface area contributed by atoms with E-state index in [1.165, 1.54) is 5.56 Å². The lowest BCUT2D eigenvalue weighted by Crippen LogP contribution is -2.43. The summed E-state index contributed by atoms with van der Waals surface area (Å²) in [5.74, 6) is 0.831. The molecule has 0 N–H and O–H groups in total.